The van der Waals surface area contributed by atoms with Crippen molar-refractivity contribution in [3.05, 3.63) is 42.2 Å². The highest BCUT2D eigenvalue weighted by Crippen LogP contribution is 2.44. The van der Waals surface area contributed by atoms with E-state index in [1.165, 1.54) is 18.3 Å². The minimum atomic E-state index is -4.99. The smallest absolute Gasteiger partial charge is 0.408 e. The van der Waals surface area contributed by atoms with Crippen molar-refractivity contribution in [3.8, 4) is 28.3 Å². The summed E-state index contributed by atoms with van der Waals surface area (Å²) in [7, 11) is -4.83. The van der Waals surface area contributed by atoms with Gasteiger partial charge in [-0.05, 0) is 82.3 Å². The Balaban J connectivity index is 1.89. The molecule has 0 aromatic heterocycles. The van der Waals surface area contributed by atoms with Gasteiger partial charge >= 0.3 is 6.18 Å². The molecule has 0 amide bonds. The van der Waals surface area contributed by atoms with E-state index >= 15 is 0 Å². The lowest BCUT2D eigenvalue weighted by molar-refractivity contribution is -0.153. The second-order valence-corrected chi connectivity index (χ2v) is 11.9. The summed E-state index contributed by atoms with van der Waals surface area (Å²) in [6.07, 6.45) is -1.89. The highest BCUT2D eigenvalue weighted by molar-refractivity contribution is 7.92. The number of aromatic nitrogens is 2. The molecular weight excluding hydrogens is 485 g/mol. The van der Waals surface area contributed by atoms with Crippen LogP contribution >= 0.6 is 0 Å². The summed E-state index contributed by atoms with van der Waals surface area (Å²) in [5, 5.41) is 20.1. The topological polar surface area (TPSA) is 102 Å². The van der Waals surface area contributed by atoms with Crippen LogP contribution in [0.5, 0.6) is 5.75 Å². The number of alkyl halides is 3. The predicted octanol–water partition coefficient (Wildman–Crippen LogP) is 5.00. The van der Waals surface area contributed by atoms with Gasteiger partial charge in [-0.25, -0.2) is 13.4 Å². The number of fused-ring (bicyclic) bond motifs is 1. The van der Waals surface area contributed by atoms with E-state index in [4.69, 9.17) is 4.74 Å². The number of hydrogen-bond donors (Lipinski definition) is 2. The maximum absolute atomic E-state index is 13.7. The molecule has 0 atom stereocenters. The van der Waals surface area contributed by atoms with Crippen molar-refractivity contribution in [1.29, 1.82) is 0 Å². The van der Waals surface area contributed by atoms with Crippen LogP contribution in [-0.4, -0.2) is 51.6 Å². The Bertz CT molecular complexity index is 1310. The molecule has 1 aromatic carbocycles. The molecule has 35 heavy (non-hydrogen) atoms. The van der Waals surface area contributed by atoms with Crippen LogP contribution in [0.3, 0.4) is 0 Å². The fourth-order valence-corrected chi connectivity index (χ4v) is 5.64. The Morgan fingerprint density at radius 1 is 1.03 bits per heavy atom. The maximum atomic E-state index is 13.7. The third-order valence-corrected chi connectivity index (χ3v) is 9.15. The molecule has 4 rings (SSSR count). The van der Waals surface area contributed by atoms with Gasteiger partial charge in [0.15, 0.2) is 20.4 Å². The largest absolute Gasteiger partial charge is 0.490 e. The molecule has 190 valence electrons. The number of aryl methyl sites for hydroxylation is 1. The molecule has 1 aromatic rings. The van der Waals surface area contributed by atoms with Crippen molar-refractivity contribution in [2.75, 3.05) is 0 Å². The van der Waals surface area contributed by atoms with Gasteiger partial charge in [-0.2, -0.15) is 17.9 Å². The number of benzene rings is 1. The minimum Gasteiger partial charge on any atom is -0.490 e. The van der Waals surface area contributed by atoms with Crippen LogP contribution in [-0.2, 0) is 9.84 Å². The highest BCUT2D eigenvalue weighted by atomic mass is 32.2. The van der Waals surface area contributed by atoms with E-state index in [0.29, 0.717) is 62.1 Å². The van der Waals surface area contributed by atoms with Crippen molar-refractivity contribution in [2.45, 2.75) is 74.5 Å². The van der Waals surface area contributed by atoms with E-state index in [-0.39, 0.29) is 17.5 Å². The van der Waals surface area contributed by atoms with Crippen LogP contribution in [0, 0.1) is 6.92 Å². The molecule has 0 unspecified atom stereocenters. The molecule has 11 heteroatoms. The van der Waals surface area contributed by atoms with Crippen molar-refractivity contribution in [3.63, 3.8) is 0 Å². The number of aliphatic hydroxyl groups is 1. The standard InChI is InChI=1S/C24H27F3N2O5S/c1-14-12-19(18-10-11-28-22(18)29(14)31)20-13-17(35(32,33)23(2,3)24(25,26)27)8-9-21(20)34-16-6-4-15(30)5-7-16/h8-13,15-16,30-31H,4-7H2,1-3H3. The number of nitrogens with zero attached hydrogens (tertiary/aromatic N) is 2. The van der Waals surface area contributed by atoms with Crippen LogP contribution < -0.4 is 4.74 Å². The first kappa shape index (κ1) is 25.3. The molecule has 0 bridgehead atoms. The SMILES string of the molecule is Cc1cc(-c2cc(S(=O)(=O)C(C)(C)C(F)(F)F)ccc2OC2CCC(O)CC2)c2ccnc-2n1O. The predicted molar refractivity (Wildman–Crippen MR) is 122 cm³/mol. The van der Waals surface area contributed by atoms with E-state index in [1.807, 2.05) is 0 Å². The average molecular weight is 513 g/mol. The van der Waals surface area contributed by atoms with E-state index in [9.17, 15) is 31.9 Å². The average Bonchev–Trinajstić information content (AvgIpc) is 3.27. The van der Waals surface area contributed by atoms with Gasteiger partial charge in [-0.3, -0.25) is 0 Å². The lowest BCUT2D eigenvalue weighted by Gasteiger charge is -2.29. The Morgan fingerprint density at radius 2 is 1.69 bits per heavy atom. The number of ether oxygens (including phenoxy) is 1. The summed E-state index contributed by atoms with van der Waals surface area (Å²) in [4.78, 5) is 3.65. The monoisotopic (exact) mass is 512 g/mol. The fourth-order valence-electron chi connectivity index (χ4n) is 4.22. The molecule has 7 nitrogen and oxygen atoms in total. The minimum absolute atomic E-state index is 0.218. The van der Waals surface area contributed by atoms with Crippen molar-refractivity contribution in [1.82, 2.24) is 9.71 Å². The molecule has 0 radical (unpaired) electrons. The van der Waals surface area contributed by atoms with Gasteiger partial charge in [0.1, 0.15) is 5.75 Å². The zero-order chi connectivity index (χ0) is 25.8. The van der Waals surface area contributed by atoms with E-state index in [0.717, 1.165) is 10.8 Å². The quantitative estimate of drug-likeness (QED) is 0.467. The lowest BCUT2D eigenvalue weighted by Crippen LogP contribution is -2.46. The summed E-state index contributed by atoms with van der Waals surface area (Å²) in [5.74, 6) is 0.517. The number of sulfone groups is 1. The van der Waals surface area contributed by atoms with Crippen LogP contribution in [0.2, 0.25) is 0 Å². The Morgan fingerprint density at radius 3 is 2.31 bits per heavy atom. The Labute approximate surface area is 201 Å². The normalized spacial score (nSPS) is 19.7. The first-order valence-corrected chi connectivity index (χ1v) is 12.7. The fraction of sp³-hybridized carbons (Fsp3) is 0.458. The van der Waals surface area contributed by atoms with Crippen molar-refractivity contribution < 1.29 is 36.6 Å². The van der Waals surface area contributed by atoms with Gasteiger partial charge in [0.05, 0.1) is 22.8 Å². The molecule has 1 aliphatic carbocycles. The van der Waals surface area contributed by atoms with E-state index < -0.39 is 31.8 Å². The number of rotatable bonds is 5. The van der Waals surface area contributed by atoms with Gasteiger partial charge in [0.25, 0.3) is 0 Å². The Hall–Kier alpha value is -2.79. The summed E-state index contributed by atoms with van der Waals surface area (Å²) in [6.45, 7) is 2.90. The third-order valence-electron chi connectivity index (χ3n) is 6.70. The summed E-state index contributed by atoms with van der Waals surface area (Å²) < 4.78 is 71.3. The highest BCUT2D eigenvalue weighted by Gasteiger charge is 2.57. The molecule has 2 heterocycles. The zero-order valence-corrected chi connectivity index (χ0v) is 20.3. The zero-order valence-electron chi connectivity index (χ0n) is 19.5. The van der Waals surface area contributed by atoms with Crippen molar-refractivity contribution >= 4 is 9.84 Å². The molecule has 3 aliphatic rings. The molecule has 1 fully saturated rings. The first-order valence-electron chi connectivity index (χ1n) is 11.2. The van der Waals surface area contributed by atoms with Crippen LogP contribution in [0.15, 0.2) is 41.4 Å². The second kappa shape index (κ2) is 8.70. The maximum Gasteiger partial charge on any atom is 0.408 e. The van der Waals surface area contributed by atoms with Gasteiger partial charge in [-0.1, -0.05) is 0 Å². The van der Waals surface area contributed by atoms with Gasteiger partial charge in [0.2, 0.25) is 0 Å². The summed E-state index contributed by atoms with van der Waals surface area (Å²) >= 11 is 0. The Kier molecular flexibility index (Phi) is 6.29. The molecular formula is C24H27F3N2O5S. The summed E-state index contributed by atoms with van der Waals surface area (Å²) in [5.41, 5.74) is 1.61. The molecule has 2 aliphatic heterocycles. The second-order valence-electron chi connectivity index (χ2n) is 9.41. The van der Waals surface area contributed by atoms with E-state index in [1.54, 1.807) is 19.1 Å². The van der Waals surface area contributed by atoms with Crippen LogP contribution in [0.1, 0.15) is 45.2 Å². The third kappa shape index (κ3) is 4.35. The van der Waals surface area contributed by atoms with Gasteiger partial charge in [-0.15, -0.1) is 0 Å². The van der Waals surface area contributed by atoms with Gasteiger partial charge < -0.3 is 15.1 Å². The number of pyridine rings is 1. The molecule has 0 spiro atoms. The molecule has 1 saturated carbocycles. The lowest BCUT2D eigenvalue weighted by atomic mass is 9.94. The number of hydrogen-bond acceptors (Lipinski definition) is 6. The first-order chi connectivity index (χ1) is 16.2. The number of aliphatic hydroxyl groups excluding tert-OH is 1. The number of halogens is 3. The van der Waals surface area contributed by atoms with Crippen LogP contribution in [0.25, 0.3) is 22.5 Å². The van der Waals surface area contributed by atoms with Crippen molar-refractivity contribution in [2.24, 2.45) is 0 Å². The molecule has 0 saturated heterocycles. The van der Waals surface area contributed by atoms with E-state index in [2.05, 4.69) is 4.98 Å². The van der Waals surface area contributed by atoms with Gasteiger partial charge in [0, 0.05) is 17.3 Å². The summed E-state index contributed by atoms with van der Waals surface area (Å²) in [6, 6.07) is 6.91. The molecule has 2 N–H and O–H groups in total. The van der Waals surface area contributed by atoms with Crippen LogP contribution in [0.4, 0.5) is 13.2 Å².